The Balaban J connectivity index is 2.31. The van der Waals surface area contributed by atoms with Crippen LogP contribution in [0.15, 0.2) is 36.8 Å². The van der Waals surface area contributed by atoms with Gasteiger partial charge in [-0.1, -0.05) is 0 Å². The molecule has 0 aliphatic rings. The monoisotopic (exact) mass is 230 g/mol. The van der Waals surface area contributed by atoms with Crippen LogP contribution in [0.1, 0.15) is 0 Å². The summed E-state index contributed by atoms with van der Waals surface area (Å²) in [6.45, 7) is 0.505. The van der Waals surface area contributed by atoms with Crippen LogP contribution in [-0.2, 0) is 0 Å². The second-order valence-corrected chi connectivity index (χ2v) is 3.54. The van der Waals surface area contributed by atoms with E-state index in [1.54, 1.807) is 18.6 Å². The number of aromatic nitrogens is 2. The van der Waals surface area contributed by atoms with Crippen molar-refractivity contribution in [2.75, 3.05) is 24.2 Å². The molecule has 0 amide bonds. The van der Waals surface area contributed by atoms with Gasteiger partial charge in [-0.25, -0.2) is 4.98 Å². The number of nitrogens with two attached hydrogens (primary N) is 1. The van der Waals surface area contributed by atoms with Crippen LogP contribution >= 0.6 is 0 Å². The first-order valence-corrected chi connectivity index (χ1v) is 5.32. The van der Waals surface area contributed by atoms with E-state index in [2.05, 4.69) is 15.3 Å². The summed E-state index contributed by atoms with van der Waals surface area (Å²) in [5.41, 5.74) is 8.46. The van der Waals surface area contributed by atoms with Crippen molar-refractivity contribution in [1.82, 2.24) is 9.97 Å². The number of nitrogens with one attached hydrogen (secondary N) is 1. The fraction of sp³-hybridized carbons (Fsp3) is 0.167. The highest BCUT2D eigenvalue weighted by Crippen LogP contribution is 2.24. The first-order chi connectivity index (χ1) is 8.31. The summed E-state index contributed by atoms with van der Waals surface area (Å²) in [7, 11) is 0. The second kappa shape index (κ2) is 5.27. The van der Waals surface area contributed by atoms with Crippen molar-refractivity contribution in [1.29, 1.82) is 0 Å². The predicted molar refractivity (Wildman–Crippen MR) is 67.5 cm³/mol. The van der Waals surface area contributed by atoms with Gasteiger partial charge in [0, 0.05) is 30.7 Å². The minimum Gasteiger partial charge on any atom is -0.395 e. The van der Waals surface area contributed by atoms with E-state index in [1.807, 2.05) is 18.2 Å². The van der Waals surface area contributed by atoms with Gasteiger partial charge in [0.1, 0.15) is 5.82 Å². The topological polar surface area (TPSA) is 84.1 Å². The maximum Gasteiger partial charge on any atom is 0.146 e. The summed E-state index contributed by atoms with van der Waals surface area (Å²) in [5.74, 6) is 0.427. The maximum absolute atomic E-state index is 8.77. The zero-order valence-electron chi connectivity index (χ0n) is 9.30. The Hall–Kier alpha value is -2.14. The number of pyridine rings is 2. The van der Waals surface area contributed by atoms with Crippen LogP contribution < -0.4 is 11.1 Å². The van der Waals surface area contributed by atoms with E-state index in [-0.39, 0.29) is 6.61 Å². The Morgan fingerprint density at radius 1 is 1.24 bits per heavy atom. The lowest BCUT2D eigenvalue weighted by molar-refractivity contribution is 0.311. The molecule has 0 atom stereocenters. The summed E-state index contributed by atoms with van der Waals surface area (Å²) in [6, 6.07) is 5.72. The highest BCUT2D eigenvalue weighted by Gasteiger charge is 2.03. The number of hydrogen-bond acceptors (Lipinski definition) is 5. The molecular weight excluding hydrogens is 216 g/mol. The first-order valence-electron chi connectivity index (χ1n) is 5.32. The summed E-state index contributed by atoms with van der Waals surface area (Å²) < 4.78 is 0. The average molecular weight is 230 g/mol. The molecule has 2 aromatic rings. The number of nitrogen functional groups attached to an aromatic ring is 1. The molecular formula is C12H14N4O. The Kier molecular flexibility index (Phi) is 3.52. The number of hydrogen-bond donors (Lipinski definition) is 3. The molecule has 2 aromatic heterocycles. The van der Waals surface area contributed by atoms with E-state index < -0.39 is 0 Å². The molecule has 0 spiro atoms. The number of anilines is 2. The quantitative estimate of drug-likeness (QED) is 0.733. The fourth-order valence-electron chi connectivity index (χ4n) is 1.51. The molecule has 0 unspecified atom stereocenters. The van der Waals surface area contributed by atoms with Crippen molar-refractivity contribution >= 4 is 11.5 Å². The molecule has 88 valence electrons. The Labute approximate surface area is 99.3 Å². The molecule has 5 heteroatoms. The minimum absolute atomic E-state index is 0.0545. The summed E-state index contributed by atoms with van der Waals surface area (Å²) in [4.78, 5) is 8.09. The van der Waals surface area contributed by atoms with Gasteiger partial charge in [0.2, 0.25) is 0 Å². The zero-order valence-corrected chi connectivity index (χ0v) is 9.30. The van der Waals surface area contributed by atoms with Gasteiger partial charge in [-0.05, 0) is 23.8 Å². The molecule has 0 aliphatic carbocycles. The molecule has 5 nitrogen and oxygen atoms in total. The standard InChI is InChI=1S/C12H14N4O/c13-12-11(15-5-6-17)7-10(8-16-12)9-1-3-14-4-2-9/h1-4,7-8,15,17H,5-6H2,(H2,13,16). The average Bonchev–Trinajstić information content (AvgIpc) is 2.39. The lowest BCUT2D eigenvalue weighted by Gasteiger charge is -2.09. The molecule has 0 radical (unpaired) electrons. The predicted octanol–water partition coefficient (Wildman–Crippen LogP) is 1.13. The Bertz CT molecular complexity index is 487. The van der Waals surface area contributed by atoms with Gasteiger partial charge in [-0.3, -0.25) is 4.98 Å². The van der Waals surface area contributed by atoms with Gasteiger partial charge in [-0.2, -0.15) is 0 Å². The lowest BCUT2D eigenvalue weighted by Crippen LogP contribution is -2.08. The number of aliphatic hydroxyl groups is 1. The van der Waals surface area contributed by atoms with Gasteiger partial charge in [-0.15, -0.1) is 0 Å². The lowest BCUT2D eigenvalue weighted by atomic mass is 10.1. The summed E-state index contributed by atoms with van der Waals surface area (Å²) in [6.07, 6.45) is 5.17. The van der Waals surface area contributed by atoms with Gasteiger partial charge in [0.25, 0.3) is 0 Å². The molecule has 0 bridgehead atoms. The largest absolute Gasteiger partial charge is 0.395 e. The van der Waals surface area contributed by atoms with Crippen LogP contribution in [0.25, 0.3) is 11.1 Å². The normalized spacial score (nSPS) is 10.2. The first kappa shape index (κ1) is 11.3. The third-order valence-corrected chi connectivity index (χ3v) is 2.36. The van der Waals surface area contributed by atoms with E-state index in [4.69, 9.17) is 10.8 Å². The van der Waals surface area contributed by atoms with Crippen molar-refractivity contribution in [3.63, 3.8) is 0 Å². The molecule has 4 N–H and O–H groups in total. The van der Waals surface area contributed by atoms with Crippen molar-refractivity contribution in [3.8, 4) is 11.1 Å². The van der Waals surface area contributed by atoms with Crippen molar-refractivity contribution in [3.05, 3.63) is 36.8 Å². The van der Waals surface area contributed by atoms with Crippen LogP contribution in [0.3, 0.4) is 0 Å². The highest BCUT2D eigenvalue weighted by molar-refractivity contribution is 5.72. The smallest absolute Gasteiger partial charge is 0.146 e. The van der Waals surface area contributed by atoms with E-state index in [1.165, 1.54) is 0 Å². The van der Waals surface area contributed by atoms with Crippen molar-refractivity contribution < 1.29 is 5.11 Å². The molecule has 0 saturated carbocycles. The number of nitrogens with zero attached hydrogens (tertiary/aromatic N) is 2. The van der Waals surface area contributed by atoms with Gasteiger partial charge < -0.3 is 16.2 Å². The molecule has 0 aromatic carbocycles. The molecule has 17 heavy (non-hydrogen) atoms. The zero-order chi connectivity index (χ0) is 12.1. The molecule has 0 saturated heterocycles. The third kappa shape index (κ3) is 2.70. The maximum atomic E-state index is 8.77. The molecule has 0 fully saturated rings. The van der Waals surface area contributed by atoms with Crippen LogP contribution in [0.4, 0.5) is 11.5 Å². The third-order valence-electron chi connectivity index (χ3n) is 2.36. The summed E-state index contributed by atoms with van der Waals surface area (Å²) >= 11 is 0. The van der Waals surface area contributed by atoms with Crippen molar-refractivity contribution in [2.24, 2.45) is 0 Å². The number of rotatable bonds is 4. The fourth-order valence-corrected chi connectivity index (χ4v) is 1.51. The number of aliphatic hydroxyl groups excluding tert-OH is 1. The SMILES string of the molecule is Nc1ncc(-c2ccncc2)cc1NCCO. The molecule has 2 rings (SSSR count). The highest BCUT2D eigenvalue weighted by atomic mass is 16.3. The van der Waals surface area contributed by atoms with Crippen LogP contribution in [0.5, 0.6) is 0 Å². The van der Waals surface area contributed by atoms with E-state index in [0.717, 1.165) is 16.8 Å². The Morgan fingerprint density at radius 3 is 2.71 bits per heavy atom. The van der Waals surface area contributed by atoms with Crippen molar-refractivity contribution in [2.45, 2.75) is 0 Å². The van der Waals surface area contributed by atoms with Gasteiger partial charge >= 0.3 is 0 Å². The molecule has 0 aliphatic heterocycles. The van der Waals surface area contributed by atoms with Crippen LogP contribution in [0, 0.1) is 0 Å². The van der Waals surface area contributed by atoms with Gasteiger partial charge in [0.05, 0.1) is 12.3 Å². The van der Waals surface area contributed by atoms with E-state index in [0.29, 0.717) is 12.4 Å². The van der Waals surface area contributed by atoms with E-state index >= 15 is 0 Å². The molecule has 2 heterocycles. The summed E-state index contributed by atoms with van der Waals surface area (Å²) in [5, 5.41) is 11.8. The van der Waals surface area contributed by atoms with Crippen LogP contribution in [-0.4, -0.2) is 28.2 Å². The second-order valence-electron chi connectivity index (χ2n) is 3.54. The van der Waals surface area contributed by atoms with Gasteiger partial charge in [0.15, 0.2) is 0 Å². The minimum atomic E-state index is 0.0545. The van der Waals surface area contributed by atoms with Crippen LogP contribution in [0.2, 0.25) is 0 Å². The Morgan fingerprint density at radius 2 is 2.00 bits per heavy atom. The van der Waals surface area contributed by atoms with E-state index in [9.17, 15) is 0 Å².